The molecule has 0 fully saturated rings. The van der Waals surface area contributed by atoms with Gasteiger partial charge in [-0.05, 0) is 6.07 Å². The standard InChI is InChI=1S/C10H9ClN6/c11-8-4-9(12)16-10(15-8)17-14-6-7-2-1-3-13-5-7/h1-6H,(H3,12,15,16,17). The maximum absolute atomic E-state index is 5.71. The zero-order chi connectivity index (χ0) is 12.1. The van der Waals surface area contributed by atoms with Crippen molar-refractivity contribution < 1.29 is 0 Å². The van der Waals surface area contributed by atoms with Crippen LogP contribution in [0.15, 0.2) is 35.7 Å². The van der Waals surface area contributed by atoms with Gasteiger partial charge in [0.05, 0.1) is 6.21 Å². The van der Waals surface area contributed by atoms with Crippen molar-refractivity contribution in [3.63, 3.8) is 0 Å². The summed E-state index contributed by atoms with van der Waals surface area (Å²) in [5.41, 5.74) is 8.99. The van der Waals surface area contributed by atoms with Gasteiger partial charge in [-0.1, -0.05) is 17.7 Å². The summed E-state index contributed by atoms with van der Waals surface area (Å²) >= 11 is 5.71. The highest BCUT2D eigenvalue weighted by Crippen LogP contribution is 2.11. The summed E-state index contributed by atoms with van der Waals surface area (Å²) in [6.45, 7) is 0. The van der Waals surface area contributed by atoms with E-state index in [1.54, 1.807) is 18.6 Å². The third-order valence-corrected chi connectivity index (χ3v) is 1.97. The highest BCUT2D eigenvalue weighted by molar-refractivity contribution is 6.29. The number of halogens is 1. The molecular formula is C10H9ClN6. The molecule has 2 aromatic rings. The number of nitrogens with two attached hydrogens (primary N) is 1. The Morgan fingerprint density at radius 3 is 3.00 bits per heavy atom. The van der Waals surface area contributed by atoms with Crippen LogP contribution < -0.4 is 11.2 Å². The van der Waals surface area contributed by atoms with Crippen LogP contribution in [0.3, 0.4) is 0 Å². The molecule has 0 unspecified atom stereocenters. The van der Waals surface area contributed by atoms with Gasteiger partial charge in [-0.15, -0.1) is 0 Å². The average molecular weight is 249 g/mol. The van der Waals surface area contributed by atoms with Gasteiger partial charge in [-0.2, -0.15) is 15.1 Å². The largest absolute Gasteiger partial charge is 0.383 e. The Kier molecular flexibility index (Phi) is 3.46. The number of hydrazone groups is 1. The second kappa shape index (κ2) is 5.22. The van der Waals surface area contributed by atoms with Crippen LogP contribution in [-0.4, -0.2) is 21.2 Å². The van der Waals surface area contributed by atoms with E-state index in [0.717, 1.165) is 5.56 Å². The lowest BCUT2D eigenvalue weighted by atomic mass is 10.3. The van der Waals surface area contributed by atoms with Crippen LogP contribution >= 0.6 is 11.6 Å². The van der Waals surface area contributed by atoms with Crippen LogP contribution in [0.5, 0.6) is 0 Å². The van der Waals surface area contributed by atoms with Crippen molar-refractivity contribution in [2.45, 2.75) is 0 Å². The molecular weight excluding hydrogens is 240 g/mol. The zero-order valence-corrected chi connectivity index (χ0v) is 9.46. The first-order valence-electron chi connectivity index (χ1n) is 4.73. The first kappa shape index (κ1) is 11.3. The monoisotopic (exact) mass is 248 g/mol. The van der Waals surface area contributed by atoms with Crippen LogP contribution in [-0.2, 0) is 0 Å². The summed E-state index contributed by atoms with van der Waals surface area (Å²) in [5.74, 6) is 0.527. The minimum absolute atomic E-state index is 0.246. The summed E-state index contributed by atoms with van der Waals surface area (Å²) in [5, 5.41) is 4.20. The topological polar surface area (TPSA) is 89.1 Å². The molecule has 0 aliphatic heterocycles. The van der Waals surface area contributed by atoms with E-state index in [9.17, 15) is 0 Å². The first-order valence-corrected chi connectivity index (χ1v) is 5.11. The Hall–Kier alpha value is -2.21. The van der Waals surface area contributed by atoms with Crippen molar-refractivity contribution >= 4 is 29.6 Å². The lowest BCUT2D eigenvalue weighted by Crippen LogP contribution is -2.00. The van der Waals surface area contributed by atoms with Gasteiger partial charge >= 0.3 is 0 Å². The van der Waals surface area contributed by atoms with Crippen molar-refractivity contribution in [1.82, 2.24) is 15.0 Å². The van der Waals surface area contributed by atoms with Crippen molar-refractivity contribution in [2.24, 2.45) is 5.10 Å². The summed E-state index contributed by atoms with van der Waals surface area (Å²) in [6, 6.07) is 5.14. The van der Waals surface area contributed by atoms with E-state index in [0.29, 0.717) is 0 Å². The number of hydrogen-bond acceptors (Lipinski definition) is 6. The van der Waals surface area contributed by atoms with Gasteiger partial charge in [-0.25, -0.2) is 5.43 Å². The average Bonchev–Trinajstić information content (AvgIpc) is 2.29. The molecule has 0 saturated carbocycles. The fourth-order valence-electron chi connectivity index (χ4n) is 1.10. The quantitative estimate of drug-likeness (QED) is 0.489. The summed E-state index contributed by atoms with van der Waals surface area (Å²) in [6.07, 6.45) is 4.96. The molecule has 2 aromatic heterocycles. The Morgan fingerprint density at radius 1 is 1.41 bits per heavy atom. The number of pyridine rings is 1. The van der Waals surface area contributed by atoms with Crippen LogP contribution in [0.4, 0.5) is 11.8 Å². The number of nitrogens with one attached hydrogen (secondary N) is 1. The molecule has 0 aromatic carbocycles. The molecule has 3 N–H and O–H groups in total. The van der Waals surface area contributed by atoms with Gasteiger partial charge in [-0.3, -0.25) is 4.98 Å². The van der Waals surface area contributed by atoms with E-state index in [4.69, 9.17) is 17.3 Å². The molecule has 6 nitrogen and oxygen atoms in total. The molecule has 7 heteroatoms. The highest BCUT2D eigenvalue weighted by atomic mass is 35.5. The number of nitrogen functional groups attached to an aromatic ring is 1. The van der Waals surface area contributed by atoms with Gasteiger partial charge in [0.15, 0.2) is 0 Å². The van der Waals surface area contributed by atoms with Crippen LogP contribution in [0.25, 0.3) is 0 Å². The van der Waals surface area contributed by atoms with Crippen LogP contribution in [0, 0.1) is 0 Å². The Bertz CT molecular complexity index is 507. The van der Waals surface area contributed by atoms with Crippen molar-refractivity contribution in [1.29, 1.82) is 0 Å². The molecule has 0 aliphatic rings. The number of anilines is 2. The lowest BCUT2D eigenvalue weighted by Gasteiger charge is -1.99. The molecule has 17 heavy (non-hydrogen) atoms. The molecule has 86 valence electrons. The normalized spacial score (nSPS) is 10.6. The third-order valence-electron chi connectivity index (χ3n) is 1.78. The molecule has 0 bridgehead atoms. The molecule has 0 radical (unpaired) electrons. The predicted octanol–water partition coefficient (Wildman–Crippen LogP) is 1.55. The van der Waals surface area contributed by atoms with Crippen LogP contribution in [0.2, 0.25) is 5.15 Å². The number of aromatic nitrogens is 3. The number of rotatable bonds is 3. The Morgan fingerprint density at radius 2 is 2.29 bits per heavy atom. The minimum Gasteiger partial charge on any atom is -0.383 e. The van der Waals surface area contributed by atoms with Gasteiger partial charge < -0.3 is 5.73 Å². The molecule has 0 atom stereocenters. The first-order chi connectivity index (χ1) is 8.24. The van der Waals surface area contributed by atoms with Crippen molar-refractivity contribution in [3.8, 4) is 0 Å². The van der Waals surface area contributed by atoms with E-state index < -0.39 is 0 Å². The second-order valence-corrected chi connectivity index (χ2v) is 3.48. The maximum Gasteiger partial charge on any atom is 0.246 e. The van der Waals surface area contributed by atoms with E-state index in [-0.39, 0.29) is 16.9 Å². The van der Waals surface area contributed by atoms with Gasteiger partial charge in [0.1, 0.15) is 11.0 Å². The lowest BCUT2D eigenvalue weighted by molar-refractivity contribution is 1.12. The van der Waals surface area contributed by atoms with Gasteiger partial charge in [0, 0.05) is 24.0 Å². The fraction of sp³-hybridized carbons (Fsp3) is 0. The molecule has 2 rings (SSSR count). The molecule has 0 saturated heterocycles. The van der Waals surface area contributed by atoms with Crippen LogP contribution in [0.1, 0.15) is 5.56 Å². The summed E-state index contributed by atoms with van der Waals surface area (Å²) in [4.78, 5) is 11.8. The number of hydrogen-bond donors (Lipinski definition) is 2. The smallest absolute Gasteiger partial charge is 0.246 e. The molecule has 0 amide bonds. The minimum atomic E-state index is 0.246. The summed E-state index contributed by atoms with van der Waals surface area (Å²) < 4.78 is 0. The fourth-order valence-corrected chi connectivity index (χ4v) is 1.29. The Balaban J connectivity index is 2.05. The van der Waals surface area contributed by atoms with E-state index in [1.807, 2.05) is 12.1 Å². The predicted molar refractivity (Wildman–Crippen MR) is 66.9 cm³/mol. The summed E-state index contributed by atoms with van der Waals surface area (Å²) in [7, 11) is 0. The van der Waals surface area contributed by atoms with E-state index >= 15 is 0 Å². The zero-order valence-electron chi connectivity index (χ0n) is 8.71. The van der Waals surface area contributed by atoms with E-state index in [1.165, 1.54) is 6.07 Å². The van der Waals surface area contributed by atoms with Gasteiger partial charge in [0.2, 0.25) is 5.95 Å². The highest BCUT2D eigenvalue weighted by Gasteiger charge is 1.98. The maximum atomic E-state index is 5.71. The van der Waals surface area contributed by atoms with Crippen molar-refractivity contribution in [3.05, 3.63) is 41.3 Å². The molecule has 2 heterocycles. The number of nitrogens with zero attached hydrogens (tertiary/aromatic N) is 4. The second-order valence-electron chi connectivity index (χ2n) is 3.10. The third kappa shape index (κ3) is 3.39. The molecule has 0 aliphatic carbocycles. The van der Waals surface area contributed by atoms with Gasteiger partial charge in [0.25, 0.3) is 0 Å². The van der Waals surface area contributed by atoms with E-state index in [2.05, 4.69) is 25.5 Å². The SMILES string of the molecule is Nc1cc(Cl)nc(NN=Cc2cccnc2)n1. The Labute approximate surface area is 103 Å². The van der Waals surface area contributed by atoms with Crippen molar-refractivity contribution in [2.75, 3.05) is 11.2 Å². The molecule has 0 spiro atoms.